The molecular formula is C9H14N2OS. The van der Waals surface area contributed by atoms with E-state index in [1.807, 2.05) is 6.92 Å². The fraction of sp³-hybridized carbons (Fsp3) is 0.556. The molecule has 1 aromatic carbocycles. The van der Waals surface area contributed by atoms with Crippen molar-refractivity contribution in [3.05, 3.63) is 20.3 Å². The summed E-state index contributed by atoms with van der Waals surface area (Å²) in [6, 6.07) is 0. The Bertz CT molecular complexity index is 352. The molecule has 0 atom stereocenters. The molecule has 1 aromatic rings. The van der Waals surface area contributed by atoms with E-state index in [0.29, 0.717) is 16.7 Å². The highest BCUT2D eigenvalue weighted by molar-refractivity contribution is 7.71. The lowest BCUT2D eigenvalue weighted by atomic mass is 10.1. The third-order valence-electron chi connectivity index (χ3n) is 2.08. The van der Waals surface area contributed by atoms with Crippen LogP contribution in [0.1, 0.15) is 18.4 Å². The van der Waals surface area contributed by atoms with Crippen LogP contribution in [0.25, 0.3) is 0 Å². The lowest BCUT2D eigenvalue weighted by Gasteiger charge is -2.10. The number of anilines is 1. The molecule has 0 aliphatic heterocycles. The van der Waals surface area contributed by atoms with Gasteiger partial charge in [-0.3, -0.25) is 4.79 Å². The summed E-state index contributed by atoms with van der Waals surface area (Å²) < 4.78 is 0.473. The molecule has 0 fully saturated rings. The molecule has 4 heteroatoms. The van der Waals surface area contributed by atoms with E-state index in [-0.39, 0.29) is 5.43 Å². The van der Waals surface area contributed by atoms with Crippen molar-refractivity contribution in [2.24, 2.45) is 5.73 Å². The second kappa shape index (κ2) is 4.48. The summed E-state index contributed by atoms with van der Waals surface area (Å²) in [7, 11) is 0. The maximum absolute atomic E-state index is 11.1. The Hall–Kier alpha value is -0.740. The Kier molecular flexibility index (Phi) is 3.57. The first-order valence-corrected chi connectivity index (χ1v) is 4.83. The lowest BCUT2D eigenvalue weighted by molar-refractivity contribution is 0.773. The van der Waals surface area contributed by atoms with Gasteiger partial charge in [0, 0.05) is 6.54 Å². The second-order valence-electron chi connectivity index (χ2n) is 3.08. The molecule has 0 saturated carbocycles. The van der Waals surface area contributed by atoms with Gasteiger partial charge in [0.25, 0.3) is 0 Å². The SMILES string of the molecule is Cc1c(NCCCCN)c(=O)c1=S. The highest BCUT2D eigenvalue weighted by Crippen LogP contribution is 2.13. The Morgan fingerprint density at radius 1 is 1.46 bits per heavy atom. The van der Waals surface area contributed by atoms with Gasteiger partial charge in [0.05, 0.1) is 10.2 Å². The van der Waals surface area contributed by atoms with Crippen LogP contribution >= 0.6 is 12.2 Å². The lowest BCUT2D eigenvalue weighted by Crippen LogP contribution is -2.20. The molecule has 0 aromatic heterocycles. The Balaban J connectivity index is 2.39. The van der Waals surface area contributed by atoms with E-state index in [2.05, 4.69) is 5.32 Å². The molecular weight excluding hydrogens is 184 g/mol. The topological polar surface area (TPSA) is 55.1 Å². The van der Waals surface area contributed by atoms with Crippen molar-refractivity contribution in [1.29, 1.82) is 0 Å². The Morgan fingerprint density at radius 3 is 2.69 bits per heavy atom. The summed E-state index contributed by atoms with van der Waals surface area (Å²) in [5.74, 6) is 0. The standard InChI is InChI=1S/C9H14N2OS/c1-6-7(8(12)9(6)13)11-5-3-2-4-10/h11H,2-5,10H2,1H3. The third kappa shape index (κ3) is 2.14. The monoisotopic (exact) mass is 198 g/mol. The molecule has 0 radical (unpaired) electrons. The van der Waals surface area contributed by atoms with E-state index in [9.17, 15) is 4.79 Å². The molecule has 0 amide bonds. The normalized spacial score (nSPS) is 10.6. The molecule has 0 unspecified atom stereocenters. The summed E-state index contributed by atoms with van der Waals surface area (Å²) in [6.07, 6.45) is 1.98. The minimum atomic E-state index is -0.0137. The van der Waals surface area contributed by atoms with Gasteiger partial charge in [-0.15, -0.1) is 0 Å². The van der Waals surface area contributed by atoms with Crippen LogP contribution in [-0.2, 0) is 0 Å². The molecule has 0 aliphatic rings. The molecule has 0 bridgehead atoms. The fourth-order valence-corrected chi connectivity index (χ4v) is 1.40. The summed E-state index contributed by atoms with van der Waals surface area (Å²) in [5.41, 5.74) is 6.95. The molecule has 0 aliphatic carbocycles. The number of hydrogen-bond donors (Lipinski definition) is 2. The molecule has 0 spiro atoms. The van der Waals surface area contributed by atoms with Gasteiger partial charge in [-0.1, -0.05) is 12.2 Å². The number of unbranched alkanes of at least 4 members (excludes halogenated alkanes) is 1. The van der Waals surface area contributed by atoms with Crippen LogP contribution in [0.3, 0.4) is 0 Å². The molecule has 0 heterocycles. The number of nitrogens with two attached hydrogens (primary N) is 1. The van der Waals surface area contributed by atoms with Crippen molar-refractivity contribution in [3.8, 4) is 0 Å². The Labute approximate surface area is 82.6 Å². The highest BCUT2D eigenvalue weighted by atomic mass is 32.1. The van der Waals surface area contributed by atoms with Gasteiger partial charge in [0.15, 0.2) is 0 Å². The third-order valence-corrected chi connectivity index (χ3v) is 2.57. The average Bonchev–Trinajstić information content (AvgIpc) is 2.16. The van der Waals surface area contributed by atoms with E-state index in [4.69, 9.17) is 18.0 Å². The van der Waals surface area contributed by atoms with Crippen LogP contribution in [0.2, 0.25) is 0 Å². The van der Waals surface area contributed by atoms with Crippen molar-refractivity contribution >= 4 is 17.9 Å². The zero-order valence-corrected chi connectivity index (χ0v) is 8.54. The van der Waals surface area contributed by atoms with Crippen LogP contribution in [0.15, 0.2) is 4.79 Å². The number of nitrogens with one attached hydrogen (secondary N) is 1. The van der Waals surface area contributed by atoms with Crippen LogP contribution in [-0.4, -0.2) is 13.1 Å². The first-order chi connectivity index (χ1) is 6.18. The van der Waals surface area contributed by atoms with Gasteiger partial charge >= 0.3 is 0 Å². The van der Waals surface area contributed by atoms with Crippen molar-refractivity contribution in [2.75, 3.05) is 18.4 Å². The molecule has 0 saturated heterocycles. The van der Waals surface area contributed by atoms with Crippen molar-refractivity contribution < 1.29 is 0 Å². The zero-order valence-electron chi connectivity index (χ0n) is 7.72. The fourth-order valence-electron chi connectivity index (χ4n) is 1.20. The van der Waals surface area contributed by atoms with Gasteiger partial charge in [-0.25, -0.2) is 0 Å². The van der Waals surface area contributed by atoms with Crippen LogP contribution in [0.4, 0.5) is 5.69 Å². The molecule has 1 rings (SSSR count). The largest absolute Gasteiger partial charge is 0.382 e. The van der Waals surface area contributed by atoms with E-state index < -0.39 is 0 Å². The Morgan fingerprint density at radius 2 is 2.15 bits per heavy atom. The van der Waals surface area contributed by atoms with Crippen molar-refractivity contribution in [1.82, 2.24) is 0 Å². The van der Waals surface area contributed by atoms with Crippen molar-refractivity contribution in [3.63, 3.8) is 0 Å². The maximum atomic E-state index is 11.1. The van der Waals surface area contributed by atoms with Gasteiger partial charge in [0.2, 0.25) is 5.43 Å². The molecule has 13 heavy (non-hydrogen) atoms. The van der Waals surface area contributed by atoms with Crippen LogP contribution in [0, 0.1) is 11.4 Å². The minimum absolute atomic E-state index is 0.0137. The quantitative estimate of drug-likeness (QED) is 0.550. The number of hydrogen-bond acceptors (Lipinski definition) is 4. The maximum Gasteiger partial charge on any atom is 0.220 e. The zero-order chi connectivity index (χ0) is 9.84. The smallest absolute Gasteiger partial charge is 0.220 e. The van der Waals surface area contributed by atoms with Gasteiger partial charge < -0.3 is 11.1 Å². The van der Waals surface area contributed by atoms with Gasteiger partial charge in [0.1, 0.15) is 0 Å². The van der Waals surface area contributed by atoms with Gasteiger partial charge in [-0.05, 0) is 31.9 Å². The first-order valence-electron chi connectivity index (χ1n) is 4.42. The van der Waals surface area contributed by atoms with Crippen molar-refractivity contribution in [2.45, 2.75) is 19.8 Å². The predicted molar refractivity (Wildman–Crippen MR) is 57.4 cm³/mol. The summed E-state index contributed by atoms with van der Waals surface area (Å²) >= 11 is 4.84. The summed E-state index contributed by atoms with van der Waals surface area (Å²) in [6.45, 7) is 3.37. The predicted octanol–water partition coefficient (Wildman–Crippen LogP) is 1.11. The summed E-state index contributed by atoms with van der Waals surface area (Å²) in [5, 5.41) is 3.07. The summed E-state index contributed by atoms with van der Waals surface area (Å²) in [4.78, 5) is 11.1. The van der Waals surface area contributed by atoms with Crippen LogP contribution < -0.4 is 16.5 Å². The van der Waals surface area contributed by atoms with E-state index in [1.54, 1.807) is 0 Å². The number of rotatable bonds is 5. The minimum Gasteiger partial charge on any atom is -0.382 e. The van der Waals surface area contributed by atoms with E-state index in [0.717, 1.165) is 24.9 Å². The first kappa shape index (κ1) is 10.3. The van der Waals surface area contributed by atoms with E-state index in [1.165, 1.54) is 0 Å². The molecule has 72 valence electrons. The van der Waals surface area contributed by atoms with Crippen LogP contribution in [0.5, 0.6) is 0 Å². The molecule has 3 nitrogen and oxygen atoms in total. The second-order valence-corrected chi connectivity index (χ2v) is 3.49. The highest BCUT2D eigenvalue weighted by Gasteiger charge is 2.11. The molecule has 3 N–H and O–H groups in total. The average molecular weight is 198 g/mol. The van der Waals surface area contributed by atoms with Gasteiger partial charge in [-0.2, -0.15) is 0 Å². The van der Waals surface area contributed by atoms with E-state index >= 15 is 0 Å².